The highest BCUT2D eigenvalue weighted by atomic mass is 19.1. The van der Waals surface area contributed by atoms with Crippen molar-refractivity contribution in [2.24, 2.45) is 5.41 Å². The first-order valence-corrected chi connectivity index (χ1v) is 16.7. The monoisotopic (exact) mass is 732 g/mol. The number of carbonyl (C=O) groups is 5. The molecule has 3 aromatic carbocycles. The molecule has 0 amide bonds. The van der Waals surface area contributed by atoms with Gasteiger partial charge in [0, 0.05) is 18.3 Å². The quantitative estimate of drug-likeness (QED) is 0.0909. The number of carboxylic acids is 2. The number of piperidine rings is 1. The predicted octanol–water partition coefficient (Wildman–Crippen LogP) is 4.20. The van der Waals surface area contributed by atoms with Gasteiger partial charge in [-0.2, -0.15) is 5.10 Å². The number of rotatable bonds is 10. The number of aliphatic hydroxyl groups excluding tert-OH is 1. The van der Waals surface area contributed by atoms with Gasteiger partial charge in [0.15, 0.2) is 5.78 Å². The van der Waals surface area contributed by atoms with Crippen LogP contribution in [0.5, 0.6) is 0 Å². The number of ketones is 2. The summed E-state index contributed by atoms with van der Waals surface area (Å²) in [5, 5.41) is 36.5. The molecule has 13 nitrogen and oxygen atoms in total. The van der Waals surface area contributed by atoms with Crippen LogP contribution in [0.3, 0.4) is 0 Å². The summed E-state index contributed by atoms with van der Waals surface area (Å²) in [6, 6.07) is 25.6. The van der Waals surface area contributed by atoms with Crippen LogP contribution in [-0.4, -0.2) is 84.4 Å². The van der Waals surface area contributed by atoms with Crippen molar-refractivity contribution in [3.05, 3.63) is 155 Å². The molecule has 1 unspecified atom stereocenters. The molecule has 2 aromatic heterocycles. The molecule has 4 N–H and O–H groups in total. The molecule has 1 aliphatic carbocycles. The molecule has 274 valence electrons. The summed E-state index contributed by atoms with van der Waals surface area (Å²) in [5.74, 6) is -7.00. The highest BCUT2D eigenvalue weighted by Gasteiger charge is 2.59. The van der Waals surface area contributed by atoms with Gasteiger partial charge in [-0.25, -0.2) is 23.5 Å². The molecule has 2 aliphatic rings. The van der Waals surface area contributed by atoms with E-state index in [0.717, 1.165) is 35.5 Å². The number of aromatic nitrogens is 3. The second-order valence-electron chi connectivity index (χ2n) is 12.6. The van der Waals surface area contributed by atoms with Crippen molar-refractivity contribution in [3.63, 3.8) is 0 Å². The number of carbonyl (C=O) groups excluding carboxylic acids is 3. The number of benzene rings is 3. The lowest BCUT2D eigenvalue weighted by molar-refractivity contribution is -0.176. The van der Waals surface area contributed by atoms with Crippen molar-refractivity contribution in [1.82, 2.24) is 20.1 Å². The first kappa shape index (κ1) is 37.1. The fourth-order valence-electron chi connectivity index (χ4n) is 6.51. The summed E-state index contributed by atoms with van der Waals surface area (Å²) in [7, 11) is 0. The second-order valence-corrected chi connectivity index (χ2v) is 12.6. The van der Waals surface area contributed by atoms with Crippen LogP contribution in [0.4, 0.5) is 4.39 Å². The summed E-state index contributed by atoms with van der Waals surface area (Å²) in [5.41, 5.74) is 0.0551. The third kappa shape index (κ3) is 7.07. The third-order valence-electron chi connectivity index (χ3n) is 9.28. The Morgan fingerprint density at radius 1 is 0.870 bits per heavy atom. The van der Waals surface area contributed by atoms with Gasteiger partial charge in [0.2, 0.25) is 11.9 Å². The number of hydrogen-bond acceptors (Lipinski definition) is 10. The summed E-state index contributed by atoms with van der Waals surface area (Å²) < 4.78 is 19.9. The Balaban J connectivity index is 0.000000185. The number of halogens is 1. The maximum atomic E-state index is 13.5. The lowest BCUT2D eigenvalue weighted by Gasteiger charge is -2.41. The third-order valence-corrected chi connectivity index (χ3v) is 9.28. The van der Waals surface area contributed by atoms with Crippen molar-refractivity contribution < 1.29 is 48.4 Å². The van der Waals surface area contributed by atoms with E-state index in [1.54, 1.807) is 36.5 Å². The number of aliphatic hydroxyl groups is 1. The number of nitrogens with zero attached hydrogens (tertiary/aromatic N) is 3. The predicted molar refractivity (Wildman–Crippen MR) is 190 cm³/mol. The normalized spacial score (nSPS) is 17.5. The molecule has 1 saturated heterocycles. The Bertz CT molecular complexity index is 2230. The van der Waals surface area contributed by atoms with Gasteiger partial charge < -0.3 is 25.4 Å². The van der Waals surface area contributed by atoms with Crippen molar-refractivity contribution in [1.29, 1.82) is 0 Å². The molecule has 54 heavy (non-hydrogen) atoms. The number of pyridine rings is 1. The van der Waals surface area contributed by atoms with E-state index in [0.29, 0.717) is 18.7 Å². The molecule has 14 heteroatoms. The molecule has 7 rings (SSSR count). The minimum atomic E-state index is -3.35. The number of ether oxygens (including phenoxy) is 1. The minimum Gasteiger partial charge on any atom is -0.479 e. The standard InChI is InChI=1S/C22H19FN4O.C18H14O8/c23-17-4-6-18(7-5-17)27-20-11-16-8-10-24-14-22(16,12-15(20)13-26-27)21(28)19-3-1-2-9-25-19;19-13(11-7-3-1-4-8-11)18(17(24)25,14(20)15(21)22)26-16(23)12-9-5-2-6-10-12/h1-7,9,11,13,24H,8,10,12,14H2;1-10,14,20H,(H,21,22)(H,24,25)/t22-;14?,18-/m01/s1. The number of fused-ring (bicyclic) bond motifs is 2. The van der Waals surface area contributed by atoms with Gasteiger partial charge in [-0.3, -0.25) is 14.6 Å². The Kier molecular flexibility index (Phi) is 10.7. The van der Waals surface area contributed by atoms with Crippen LogP contribution in [0, 0.1) is 11.2 Å². The molecule has 3 heterocycles. The van der Waals surface area contributed by atoms with Crippen molar-refractivity contribution in [3.8, 4) is 5.69 Å². The molecular weight excluding hydrogens is 699 g/mol. The zero-order valence-electron chi connectivity index (χ0n) is 28.5. The van der Waals surface area contributed by atoms with E-state index >= 15 is 0 Å². The number of aliphatic carboxylic acids is 2. The van der Waals surface area contributed by atoms with E-state index in [1.165, 1.54) is 60.7 Å². The highest BCUT2D eigenvalue weighted by molar-refractivity contribution is 6.19. The molecule has 0 radical (unpaired) electrons. The van der Waals surface area contributed by atoms with Crippen molar-refractivity contribution in [2.75, 3.05) is 13.1 Å². The zero-order chi connectivity index (χ0) is 38.5. The van der Waals surface area contributed by atoms with Gasteiger partial charge >= 0.3 is 23.5 Å². The first-order chi connectivity index (χ1) is 26.0. The molecule has 1 aliphatic heterocycles. The van der Waals surface area contributed by atoms with E-state index in [-0.39, 0.29) is 22.7 Å². The van der Waals surface area contributed by atoms with Gasteiger partial charge in [-0.1, -0.05) is 60.2 Å². The molecule has 1 fully saturated rings. The maximum absolute atomic E-state index is 13.5. The van der Waals surface area contributed by atoms with Crippen molar-refractivity contribution >= 4 is 35.6 Å². The van der Waals surface area contributed by atoms with Crippen LogP contribution in [0.2, 0.25) is 0 Å². The fraction of sp³-hybridized carbons (Fsp3) is 0.175. The van der Waals surface area contributed by atoms with Gasteiger partial charge in [0.05, 0.1) is 28.6 Å². The van der Waals surface area contributed by atoms with Crippen LogP contribution < -0.4 is 5.32 Å². The Hall–Kier alpha value is -6.64. The number of hydrogen-bond donors (Lipinski definition) is 4. The lowest BCUT2D eigenvalue weighted by atomic mass is 9.65. The maximum Gasteiger partial charge on any atom is 0.360 e. The Labute approximate surface area is 307 Å². The number of esters is 1. The van der Waals surface area contributed by atoms with Crippen LogP contribution in [0.15, 0.2) is 121 Å². The van der Waals surface area contributed by atoms with Crippen LogP contribution in [0.25, 0.3) is 11.8 Å². The van der Waals surface area contributed by atoms with Crippen molar-refractivity contribution in [2.45, 2.75) is 24.5 Å². The minimum absolute atomic E-state index is 0.0479. The fourth-order valence-corrected chi connectivity index (χ4v) is 6.51. The number of carboxylic acid groups (broad SMARTS) is 2. The summed E-state index contributed by atoms with van der Waals surface area (Å²) in [6.07, 6.45) is 4.12. The van der Waals surface area contributed by atoms with Crippen LogP contribution in [0.1, 0.15) is 48.9 Å². The van der Waals surface area contributed by atoms with Gasteiger partial charge in [0.1, 0.15) is 11.5 Å². The van der Waals surface area contributed by atoms with E-state index in [4.69, 9.17) is 9.84 Å². The summed E-state index contributed by atoms with van der Waals surface area (Å²) in [4.78, 5) is 65.9. The highest BCUT2D eigenvalue weighted by Crippen LogP contribution is 2.44. The molecule has 0 spiro atoms. The lowest BCUT2D eigenvalue weighted by Crippen LogP contribution is -2.61. The van der Waals surface area contributed by atoms with E-state index < -0.39 is 40.8 Å². The second kappa shape index (κ2) is 15.5. The summed E-state index contributed by atoms with van der Waals surface area (Å²) in [6.45, 7) is 1.43. The topological polar surface area (TPSA) is 198 Å². The zero-order valence-corrected chi connectivity index (χ0v) is 28.5. The molecule has 5 aromatic rings. The van der Waals surface area contributed by atoms with Gasteiger partial charge in [-0.05, 0) is 79.6 Å². The number of Topliss-reactive ketones (excluding diaryl/α,β-unsaturated/α-hetero) is 2. The summed E-state index contributed by atoms with van der Waals surface area (Å²) >= 11 is 0. The molecular formula is C40H33FN4O9. The average Bonchev–Trinajstić information content (AvgIpc) is 3.61. The first-order valence-electron chi connectivity index (χ1n) is 16.7. The van der Waals surface area contributed by atoms with E-state index in [2.05, 4.69) is 21.5 Å². The number of nitrogens with one attached hydrogen (secondary N) is 1. The average molecular weight is 733 g/mol. The Morgan fingerprint density at radius 3 is 2.13 bits per heavy atom. The van der Waals surface area contributed by atoms with Gasteiger partial charge in [0.25, 0.3) is 0 Å². The van der Waals surface area contributed by atoms with Crippen LogP contribution >= 0.6 is 0 Å². The van der Waals surface area contributed by atoms with Gasteiger partial charge in [-0.15, -0.1) is 0 Å². The SMILES string of the molecule is O=C(O[C@](C(=O)O)(C(=O)c1ccccc1)C(O)C(=O)O)c1ccccc1.O=C(c1ccccn1)[C@@]12CNCCC1=Cc1c(cnn1-c1ccc(F)cc1)C2. The molecule has 3 atom stereocenters. The largest absolute Gasteiger partial charge is 0.479 e. The molecule has 0 saturated carbocycles. The van der Waals surface area contributed by atoms with Crippen LogP contribution in [-0.2, 0) is 20.7 Å². The van der Waals surface area contributed by atoms with E-state index in [1.807, 2.05) is 23.0 Å². The van der Waals surface area contributed by atoms with E-state index in [9.17, 15) is 38.6 Å². The Morgan fingerprint density at radius 2 is 1.52 bits per heavy atom. The molecule has 0 bridgehead atoms. The smallest absolute Gasteiger partial charge is 0.360 e.